The van der Waals surface area contributed by atoms with E-state index in [1.54, 1.807) is 48.5 Å². The van der Waals surface area contributed by atoms with Crippen LogP contribution in [0.1, 0.15) is 19.3 Å². The Bertz CT molecular complexity index is 1390. The lowest BCUT2D eigenvalue weighted by Crippen LogP contribution is -2.26. The van der Waals surface area contributed by atoms with E-state index in [1.165, 1.54) is 30.3 Å². The van der Waals surface area contributed by atoms with Gasteiger partial charge in [-0.3, -0.25) is 0 Å². The Morgan fingerprint density at radius 2 is 1.57 bits per heavy atom. The lowest BCUT2D eigenvalue weighted by atomic mass is 10.2. The molecule has 0 N–H and O–H groups in total. The van der Waals surface area contributed by atoms with Crippen molar-refractivity contribution in [3.05, 3.63) is 78.9 Å². The lowest BCUT2D eigenvalue weighted by molar-refractivity contribution is -0.165. The van der Waals surface area contributed by atoms with E-state index in [4.69, 9.17) is 18.4 Å². The summed E-state index contributed by atoms with van der Waals surface area (Å²) in [6, 6.07) is 20.6. The Balaban J connectivity index is 1.57. The summed E-state index contributed by atoms with van der Waals surface area (Å²) in [6.07, 6.45) is 3.63. The topological polar surface area (TPSA) is 108 Å². The van der Waals surface area contributed by atoms with Gasteiger partial charge in [0.05, 0.1) is 29.1 Å². The van der Waals surface area contributed by atoms with E-state index in [0.29, 0.717) is 24.7 Å². The maximum atomic E-state index is 13.9. The van der Waals surface area contributed by atoms with Crippen LogP contribution in [0.15, 0.2) is 83.8 Å². The van der Waals surface area contributed by atoms with E-state index >= 15 is 0 Å². The van der Waals surface area contributed by atoms with Crippen LogP contribution in [0.25, 0.3) is 0 Å². The number of sulfonamides is 1. The fourth-order valence-electron chi connectivity index (χ4n) is 3.84. The molecule has 198 valence electrons. The minimum atomic E-state index is -4.14. The number of ether oxygens (including phenoxy) is 3. The predicted molar refractivity (Wildman–Crippen MR) is 139 cm³/mol. The lowest BCUT2D eigenvalue weighted by Gasteiger charge is -2.25. The number of nitrogens with zero attached hydrogens (tertiary/aromatic N) is 1. The second kappa shape index (κ2) is 12.0. The highest BCUT2D eigenvalue weighted by atomic mass is 32.2. The third-order valence-corrected chi connectivity index (χ3v) is 7.68. The fraction of sp³-hybridized carbons (Fsp3) is 0.308. The summed E-state index contributed by atoms with van der Waals surface area (Å²) in [7, 11) is -7.94. The fourth-order valence-corrected chi connectivity index (χ4v) is 5.81. The average molecular weight is 548 g/mol. The summed E-state index contributed by atoms with van der Waals surface area (Å²) in [6.45, 7) is 1.23. The van der Waals surface area contributed by atoms with Crippen molar-refractivity contribution in [3.8, 4) is 11.5 Å². The molecule has 1 atom stereocenters. The number of benzene rings is 3. The van der Waals surface area contributed by atoms with Gasteiger partial charge in [0, 0.05) is 18.7 Å². The van der Waals surface area contributed by atoms with Crippen LogP contribution in [0.5, 0.6) is 11.5 Å². The van der Waals surface area contributed by atoms with Crippen LogP contribution in [0.2, 0.25) is 0 Å². The van der Waals surface area contributed by atoms with Crippen LogP contribution < -0.4 is 13.2 Å². The zero-order chi connectivity index (χ0) is 26.3. The van der Waals surface area contributed by atoms with Gasteiger partial charge in [0.15, 0.2) is 6.29 Å². The minimum Gasteiger partial charge on any atom is -0.491 e. The van der Waals surface area contributed by atoms with Crippen LogP contribution in [0.4, 0.5) is 11.4 Å². The van der Waals surface area contributed by atoms with Gasteiger partial charge in [-0.1, -0.05) is 30.3 Å². The molecular formula is C26H29NO8S2. The summed E-state index contributed by atoms with van der Waals surface area (Å²) < 4.78 is 74.1. The maximum absolute atomic E-state index is 13.9. The second-order valence-electron chi connectivity index (χ2n) is 8.38. The van der Waals surface area contributed by atoms with E-state index < -0.39 is 20.1 Å². The molecule has 3 aromatic rings. The molecule has 0 amide bonds. The third-order valence-electron chi connectivity index (χ3n) is 5.43. The standard InChI is InChI=1S/C26H29NO8S2/c1-36(28,29)35-24-13-7-11-22(19-24)27(21-9-3-2-4-10-21)37(30,31)25-14-8-12-23(20-25)32-17-18-34-26-15-5-6-16-33-26/h2-4,7-14,19-20,26H,5-6,15-18H2,1H3. The van der Waals surface area contributed by atoms with Crippen LogP contribution in [-0.2, 0) is 29.6 Å². The van der Waals surface area contributed by atoms with E-state index in [0.717, 1.165) is 29.8 Å². The highest BCUT2D eigenvalue weighted by Crippen LogP contribution is 2.35. The molecule has 3 aromatic carbocycles. The molecule has 0 aromatic heterocycles. The van der Waals surface area contributed by atoms with E-state index in [9.17, 15) is 16.8 Å². The summed E-state index contributed by atoms with van der Waals surface area (Å²) in [5.74, 6) is 0.367. The normalized spacial score (nSPS) is 16.2. The summed E-state index contributed by atoms with van der Waals surface area (Å²) >= 11 is 0. The number of hydrogen-bond acceptors (Lipinski definition) is 8. The first-order valence-corrected chi connectivity index (χ1v) is 15.0. The van der Waals surface area contributed by atoms with Crippen molar-refractivity contribution in [3.63, 3.8) is 0 Å². The molecule has 1 aliphatic rings. The highest BCUT2D eigenvalue weighted by molar-refractivity contribution is 7.93. The Morgan fingerprint density at radius 3 is 2.30 bits per heavy atom. The molecule has 0 spiro atoms. The molecule has 0 radical (unpaired) electrons. The molecular weight excluding hydrogens is 518 g/mol. The summed E-state index contributed by atoms with van der Waals surface area (Å²) in [4.78, 5) is -0.000167. The van der Waals surface area contributed by atoms with Crippen molar-refractivity contribution in [2.24, 2.45) is 0 Å². The molecule has 1 saturated heterocycles. The van der Waals surface area contributed by atoms with E-state index in [2.05, 4.69) is 0 Å². The average Bonchev–Trinajstić information content (AvgIpc) is 2.87. The molecule has 0 bridgehead atoms. The van der Waals surface area contributed by atoms with Crippen molar-refractivity contribution in [2.75, 3.05) is 30.4 Å². The SMILES string of the molecule is CS(=O)(=O)Oc1cccc(N(c2ccccc2)S(=O)(=O)c2cccc(OCCOC3CCCCO3)c2)c1. The first-order chi connectivity index (χ1) is 17.7. The Labute approximate surface area is 217 Å². The van der Waals surface area contributed by atoms with Crippen LogP contribution in [0, 0.1) is 0 Å². The molecule has 1 fully saturated rings. The van der Waals surface area contributed by atoms with Gasteiger partial charge in [0.1, 0.15) is 18.1 Å². The number of hydrogen-bond donors (Lipinski definition) is 0. The van der Waals surface area contributed by atoms with Crippen molar-refractivity contribution in [2.45, 2.75) is 30.4 Å². The summed E-state index contributed by atoms with van der Waals surface area (Å²) in [5.41, 5.74) is 0.575. The van der Waals surface area contributed by atoms with Gasteiger partial charge in [-0.15, -0.1) is 0 Å². The Kier molecular flexibility index (Phi) is 8.70. The molecule has 1 heterocycles. The van der Waals surface area contributed by atoms with Crippen molar-refractivity contribution in [1.82, 2.24) is 0 Å². The molecule has 11 heteroatoms. The van der Waals surface area contributed by atoms with Gasteiger partial charge in [-0.2, -0.15) is 8.42 Å². The van der Waals surface area contributed by atoms with Crippen molar-refractivity contribution in [1.29, 1.82) is 0 Å². The van der Waals surface area contributed by atoms with E-state index in [-0.39, 0.29) is 29.2 Å². The summed E-state index contributed by atoms with van der Waals surface area (Å²) in [5, 5.41) is 0. The van der Waals surface area contributed by atoms with Gasteiger partial charge in [-0.05, 0) is 55.7 Å². The molecule has 9 nitrogen and oxygen atoms in total. The largest absolute Gasteiger partial charge is 0.491 e. The van der Waals surface area contributed by atoms with Crippen LogP contribution in [0.3, 0.4) is 0 Å². The smallest absolute Gasteiger partial charge is 0.306 e. The first-order valence-electron chi connectivity index (χ1n) is 11.8. The van der Waals surface area contributed by atoms with Gasteiger partial charge < -0.3 is 18.4 Å². The van der Waals surface area contributed by atoms with Gasteiger partial charge >= 0.3 is 10.1 Å². The Hall–Kier alpha value is -3.12. The number of para-hydroxylation sites is 1. The van der Waals surface area contributed by atoms with Crippen LogP contribution in [-0.4, -0.2) is 49.2 Å². The minimum absolute atomic E-state index is 0.000167. The van der Waals surface area contributed by atoms with Gasteiger partial charge in [0.2, 0.25) is 0 Å². The molecule has 0 aliphatic carbocycles. The molecule has 4 rings (SSSR count). The second-order valence-corrected chi connectivity index (χ2v) is 11.7. The molecule has 1 aliphatic heterocycles. The molecule has 1 unspecified atom stereocenters. The highest BCUT2D eigenvalue weighted by Gasteiger charge is 2.28. The maximum Gasteiger partial charge on any atom is 0.306 e. The third kappa shape index (κ3) is 7.45. The van der Waals surface area contributed by atoms with Crippen molar-refractivity contribution >= 4 is 31.5 Å². The first kappa shape index (κ1) is 26.9. The zero-order valence-corrected chi connectivity index (χ0v) is 22.0. The van der Waals surface area contributed by atoms with Crippen LogP contribution >= 0.6 is 0 Å². The van der Waals surface area contributed by atoms with Crippen molar-refractivity contribution < 1.29 is 35.2 Å². The number of rotatable bonds is 11. The molecule has 0 saturated carbocycles. The molecule has 37 heavy (non-hydrogen) atoms. The quantitative estimate of drug-likeness (QED) is 0.256. The zero-order valence-electron chi connectivity index (χ0n) is 20.4. The predicted octanol–water partition coefficient (Wildman–Crippen LogP) is 4.47. The number of anilines is 2. The Morgan fingerprint density at radius 1 is 0.838 bits per heavy atom. The van der Waals surface area contributed by atoms with Gasteiger partial charge in [-0.25, -0.2) is 12.7 Å². The van der Waals surface area contributed by atoms with E-state index in [1.807, 2.05) is 0 Å². The van der Waals surface area contributed by atoms with Gasteiger partial charge in [0.25, 0.3) is 10.0 Å². The monoisotopic (exact) mass is 547 g/mol.